The summed E-state index contributed by atoms with van der Waals surface area (Å²) in [7, 11) is -3.22. The molecule has 0 aliphatic carbocycles. The Morgan fingerprint density at radius 2 is 1.73 bits per heavy atom. The van der Waals surface area contributed by atoms with Crippen molar-refractivity contribution in [1.82, 2.24) is 4.90 Å². The first kappa shape index (κ1) is 18.7. The van der Waals surface area contributed by atoms with Gasteiger partial charge in [0.2, 0.25) is 0 Å². The highest BCUT2D eigenvalue weighted by molar-refractivity contribution is 7.94. The van der Waals surface area contributed by atoms with Gasteiger partial charge in [0, 0.05) is 24.6 Å². The number of carbonyl (C=O) groups is 2. The molecule has 0 spiro atoms. The van der Waals surface area contributed by atoms with Gasteiger partial charge >= 0.3 is 18.2 Å². The van der Waals surface area contributed by atoms with Crippen molar-refractivity contribution in [3.63, 3.8) is 0 Å². The molecule has 0 saturated carbocycles. The standard InChI is InChI=1S/C16H17F3N2O4S/c17-16(18,19)14(22)20-26(24)9-12-6-21(7-13(12)10-26)15(23)25-8-11-4-2-1-3-5-11/h1-5,12-13H,6-10H2. The third-order valence-corrected chi connectivity index (χ3v) is 6.88. The summed E-state index contributed by atoms with van der Waals surface area (Å²) in [5, 5.41) is 0. The molecule has 0 radical (unpaired) electrons. The number of fused-ring (bicyclic) bond motifs is 1. The summed E-state index contributed by atoms with van der Waals surface area (Å²) in [5.41, 5.74) is 0.840. The average molecular weight is 390 g/mol. The average Bonchev–Trinajstić information content (AvgIpc) is 3.07. The zero-order valence-electron chi connectivity index (χ0n) is 13.6. The number of amides is 2. The molecule has 10 heteroatoms. The number of hydrogen-bond acceptors (Lipinski definition) is 4. The number of likely N-dealkylation sites (tertiary alicyclic amines) is 1. The summed E-state index contributed by atoms with van der Waals surface area (Å²) in [4.78, 5) is 24.6. The Kier molecular flexibility index (Phi) is 4.96. The summed E-state index contributed by atoms with van der Waals surface area (Å²) in [6.07, 6.45) is -5.63. The molecular weight excluding hydrogens is 373 g/mol. The van der Waals surface area contributed by atoms with Crippen LogP contribution in [0.5, 0.6) is 0 Å². The van der Waals surface area contributed by atoms with Crippen molar-refractivity contribution in [2.24, 2.45) is 16.2 Å². The third-order valence-electron chi connectivity index (χ3n) is 4.48. The predicted molar refractivity (Wildman–Crippen MR) is 86.5 cm³/mol. The first-order chi connectivity index (χ1) is 12.2. The number of rotatable bonds is 2. The normalized spacial score (nSPS) is 27.9. The number of halogens is 3. The molecule has 2 atom stereocenters. The Labute approximate surface area is 148 Å². The van der Waals surface area contributed by atoms with E-state index < -0.39 is 27.9 Å². The van der Waals surface area contributed by atoms with Crippen LogP contribution in [0, 0.1) is 11.8 Å². The smallest absolute Gasteiger partial charge is 0.445 e. The van der Waals surface area contributed by atoms with Gasteiger partial charge in [-0.15, -0.1) is 0 Å². The van der Waals surface area contributed by atoms with Gasteiger partial charge < -0.3 is 9.64 Å². The van der Waals surface area contributed by atoms with Crippen LogP contribution < -0.4 is 0 Å². The first-order valence-corrected chi connectivity index (χ1v) is 9.81. The number of benzene rings is 1. The monoisotopic (exact) mass is 390 g/mol. The molecule has 2 unspecified atom stereocenters. The SMILES string of the molecule is O=C(OCc1ccccc1)N1CC2CS(=O)(=NC(=O)C(F)(F)F)CC2C1. The quantitative estimate of drug-likeness (QED) is 0.777. The van der Waals surface area contributed by atoms with Crippen LogP contribution in [0.3, 0.4) is 0 Å². The first-order valence-electron chi connectivity index (χ1n) is 7.95. The Hall–Kier alpha value is -2.10. The van der Waals surface area contributed by atoms with Crippen molar-refractivity contribution in [3.8, 4) is 0 Å². The molecule has 142 valence electrons. The second-order valence-electron chi connectivity index (χ2n) is 6.47. The van der Waals surface area contributed by atoms with Crippen molar-refractivity contribution >= 4 is 21.7 Å². The number of hydrogen-bond donors (Lipinski definition) is 0. The molecule has 2 aliphatic heterocycles. The number of alkyl halides is 3. The number of nitrogens with zero attached hydrogens (tertiary/aromatic N) is 2. The number of ether oxygens (including phenoxy) is 1. The van der Waals surface area contributed by atoms with E-state index in [4.69, 9.17) is 4.74 Å². The summed E-state index contributed by atoms with van der Waals surface area (Å²) in [5.74, 6) is -3.00. The van der Waals surface area contributed by atoms with E-state index in [1.165, 1.54) is 4.90 Å². The highest BCUT2D eigenvalue weighted by Gasteiger charge is 2.47. The molecule has 2 saturated heterocycles. The van der Waals surface area contributed by atoms with E-state index in [0.29, 0.717) is 0 Å². The lowest BCUT2D eigenvalue weighted by molar-refractivity contribution is -0.169. The predicted octanol–water partition coefficient (Wildman–Crippen LogP) is 2.44. The molecular formula is C16H17F3N2O4S. The van der Waals surface area contributed by atoms with Gasteiger partial charge in [0.1, 0.15) is 6.61 Å². The van der Waals surface area contributed by atoms with E-state index in [1.807, 2.05) is 30.3 Å². The van der Waals surface area contributed by atoms with Crippen molar-refractivity contribution in [3.05, 3.63) is 35.9 Å². The minimum absolute atomic E-state index is 0.109. The van der Waals surface area contributed by atoms with Crippen LogP contribution in [0.25, 0.3) is 0 Å². The van der Waals surface area contributed by atoms with Crippen LogP contribution in [0.4, 0.5) is 18.0 Å². The molecule has 0 bridgehead atoms. The van der Waals surface area contributed by atoms with Gasteiger partial charge in [-0.3, -0.25) is 4.79 Å². The van der Waals surface area contributed by atoms with E-state index in [1.54, 1.807) is 0 Å². The summed E-state index contributed by atoms with van der Waals surface area (Å²) < 4.78 is 57.5. The van der Waals surface area contributed by atoms with Crippen molar-refractivity contribution < 1.29 is 31.7 Å². The minimum Gasteiger partial charge on any atom is -0.445 e. The van der Waals surface area contributed by atoms with Crippen LogP contribution in [-0.4, -0.2) is 51.9 Å². The fraction of sp³-hybridized carbons (Fsp3) is 0.500. The third kappa shape index (κ3) is 4.17. The summed E-state index contributed by atoms with van der Waals surface area (Å²) >= 11 is 0. The lowest BCUT2D eigenvalue weighted by atomic mass is 10.0. The van der Waals surface area contributed by atoms with Gasteiger partial charge in [-0.25, -0.2) is 9.00 Å². The topological polar surface area (TPSA) is 76.0 Å². The van der Waals surface area contributed by atoms with Crippen LogP contribution >= 0.6 is 0 Å². The van der Waals surface area contributed by atoms with Crippen molar-refractivity contribution in [2.45, 2.75) is 12.8 Å². The molecule has 1 aromatic rings. The van der Waals surface area contributed by atoms with Crippen LogP contribution in [-0.2, 0) is 25.9 Å². The van der Waals surface area contributed by atoms with Gasteiger partial charge in [-0.05, 0) is 17.4 Å². The summed E-state index contributed by atoms with van der Waals surface area (Å²) in [6, 6.07) is 9.14. The van der Waals surface area contributed by atoms with E-state index in [-0.39, 0.29) is 43.0 Å². The maximum Gasteiger partial charge on any atom is 0.474 e. The van der Waals surface area contributed by atoms with E-state index >= 15 is 0 Å². The molecule has 26 heavy (non-hydrogen) atoms. The molecule has 1 aromatic carbocycles. The Morgan fingerprint density at radius 1 is 1.15 bits per heavy atom. The summed E-state index contributed by atoms with van der Waals surface area (Å²) in [6.45, 7) is 0.605. The van der Waals surface area contributed by atoms with Gasteiger partial charge in [-0.1, -0.05) is 30.3 Å². The molecule has 3 rings (SSSR count). The molecule has 2 aliphatic rings. The lowest BCUT2D eigenvalue weighted by Crippen LogP contribution is -2.31. The fourth-order valence-corrected chi connectivity index (χ4v) is 6.07. The second-order valence-corrected chi connectivity index (χ2v) is 8.86. The zero-order chi connectivity index (χ0) is 18.9. The molecule has 0 N–H and O–H groups in total. The van der Waals surface area contributed by atoms with Crippen LogP contribution in [0.15, 0.2) is 34.7 Å². The fourth-order valence-electron chi connectivity index (χ4n) is 3.29. The van der Waals surface area contributed by atoms with Gasteiger partial charge in [0.25, 0.3) is 0 Å². The van der Waals surface area contributed by atoms with E-state index in [2.05, 4.69) is 4.36 Å². The number of carbonyl (C=O) groups excluding carboxylic acids is 2. The molecule has 0 aromatic heterocycles. The maximum atomic E-state index is 12.4. The molecule has 2 amide bonds. The van der Waals surface area contributed by atoms with Crippen LogP contribution in [0.2, 0.25) is 0 Å². The Balaban J connectivity index is 1.56. The highest BCUT2D eigenvalue weighted by atomic mass is 32.2. The molecule has 6 nitrogen and oxygen atoms in total. The maximum absolute atomic E-state index is 12.4. The lowest BCUT2D eigenvalue weighted by Gasteiger charge is -2.17. The van der Waals surface area contributed by atoms with Gasteiger partial charge in [0.05, 0.1) is 9.73 Å². The van der Waals surface area contributed by atoms with E-state index in [0.717, 1.165) is 5.56 Å². The molecule has 2 heterocycles. The minimum atomic E-state index is -5.12. The van der Waals surface area contributed by atoms with Gasteiger partial charge in [0.15, 0.2) is 0 Å². The zero-order valence-corrected chi connectivity index (χ0v) is 14.5. The Morgan fingerprint density at radius 3 is 2.27 bits per heavy atom. The van der Waals surface area contributed by atoms with Crippen LogP contribution in [0.1, 0.15) is 5.56 Å². The second kappa shape index (κ2) is 6.90. The van der Waals surface area contributed by atoms with Crippen molar-refractivity contribution in [2.75, 3.05) is 24.6 Å². The Bertz CT molecular complexity index is 799. The largest absolute Gasteiger partial charge is 0.474 e. The van der Waals surface area contributed by atoms with Crippen molar-refractivity contribution in [1.29, 1.82) is 0 Å². The molecule has 2 fully saturated rings. The highest BCUT2D eigenvalue weighted by Crippen LogP contribution is 2.34. The van der Waals surface area contributed by atoms with Gasteiger partial charge in [-0.2, -0.15) is 17.5 Å². The van der Waals surface area contributed by atoms with E-state index in [9.17, 15) is 27.0 Å².